The summed E-state index contributed by atoms with van der Waals surface area (Å²) in [6.45, 7) is 1.73. The Morgan fingerprint density at radius 3 is 2.35 bits per heavy atom. The predicted molar refractivity (Wildman–Crippen MR) is 84.8 cm³/mol. The van der Waals surface area contributed by atoms with Crippen molar-refractivity contribution in [1.82, 2.24) is 0 Å². The number of aliphatic imine (C=N–C) groups is 1. The Bertz CT molecular complexity index is 837. The smallest absolute Gasteiger partial charge is 0.364 e. The number of non-ortho nitro benzene ring substituents is 1. The monoisotopic (exact) mass is 308 g/mol. The van der Waals surface area contributed by atoms with Crippen molar-refractivity contribution in [3.8, 4) is 0 Å². The maximum Gasteiger partial charge on any atom is 0.364 e. The van der Waals surface area contributed by atoms with Crippen LogP contribution in [0.3, 0.4) is 0 Å². The van der Waals surface area contributed by atoms with Crippen molar-refractivity contribution in [3.63, 3.8) is 0 Å². The first kappa shape index (κ1) is 14.6. The number of nitro groups is 1. The lowest BCUT2D eigenvalue weighted by molar-refractivity contribution is -0.384. The van der Waals surface area contributed by atoms with Crippen LogP contribution in [0, 0.1) is 10.1 Å². The molecule has 6 heteroatoms. The van der Waals surface area contributed by atoms with Crippen LogP contribution in [0.2, 0.25) is 0 Å². The van der Waals surface area contributed by atoms with E-state index in [0.717, 1.165) is 0 Å². The fraction of sp³-hybridized carbons (Fsp3) is 0.0588. The summed E-state index contributed by atoms with van der Waals surface area (Å²) in [7, 11) is 0. The second-order valence-electron chi connectivity index (χ2n) is 4.95. The summed E-state index contributed by atoms with van der Waals surface area (Å²) in [5.41, 5.74) is 2.20. The Hall–Kier alpha value is -3.28. The first-order valence-electron chi connectivity index (χ1n) is 6.88. The fourth-order valence-electron chi connectivity index (χ4n) is 2.22. The van der Waals surface area contributed by atoms with Gasteiger partial charge in [0.05, 0.1) is 4.92 Å². The molecule has 1 heterocycles. The maximum atomic E-state index is 12.0. The number of cyclic esters (lactones) is 1. The summed E-state index contributed by atoms with van der Waals surface area (Å²) in [5.74, 6) is -0.272. The van der Waals surface area contributed by atoms with Crippen molar-refractivity contribution < 1.29 is 14.5 Å². The quantitative estimate of drug-likeness (QED) is 0.377. The minimum Gasteiger partial charge on any atom is -0.402 e. The molecule has 114 valence electrons. The van der Waals surface area contributed by atoms with Crippen LogP contribution in [0.25, 0.3) is 5.57 Å². The lowest BCUT2D eigenvalue weighted by atomic mass is 10.1. The van der Waals surface area contributed by atoms with Crippen molar-refractivity contribution >= 4 is 23.1 Å². The summed E-state index contributed by atoms with van der Waals surface area (Å²) in [6, 6.07) is 15.1. The largest absolute Gasteiger partial charge is 0.402 e. The molecule has 6 nitrogen and oxygen atoms in total. The molecular weight excluding hydrogens is 296 g/mol. The lowest BCUT2D eigenvalue weighted by Crippen LogP contribution is -2.05. The van der Waals surface area contributed by atoms with Crippen LogP contribution in [0.1, 0.15) is 18.1 Å². The molecule has 2 aromatic carbocycles. The highest BCUT2D eigenvalue weighted by Gasteiger charge is 2.26. The zero-order valence-electron chi connectivity index (χ0n) is 12.2. The van der Waals surface area contributed by atoms with Crippen molar-refractivity contribution in [2.24, 2.45) is 4.99 Å². The minimum absolute atomic E-state index is 0.00553. The average Bonchev–Trinajstić information content (AvgIpc) is 2.97. The Kier molecular flexibility index (Phi) is 3.72. The second-order valence-corrected chi connectivity index (χ2v) is 4.95. The van der Waals surface area contributed by atoms with Crippen LogP contribution in [-0.4, -0.2) is 16.8 Å². The minimum atomic E-state index is -0.528. The van der Waals surface area contributed by atoms with Gasteiger partial charge in [0.1, 0.15) is 0 Å². The molecule has 3 rings (SSSR count). The molecule has 0 saturated heterocycles. The molecule has 0 N–H and O–H groups in total. The number of carbonyl (C=O) groups is 1. The number of allylic oxidation sites excluding steroid dienone is 1. The van der Waals surface area contributed by atoms with Gasteiger partial charge in [-0.05, 0) is 42.3 Å². The van der Waals surface area contributed by atoms with Gasteiger partial charge < -0.3 is 4.74 Å². The first-order valence-corrected chi connectivity index (χ1v) is 6.88. The molecule has 2 aromatic rings. The van der Waals surface area contributed by atoms with E-state index in [1.807, 2.05) is 18.2 Å². The molecule has 1 aliphatic heterocycles. The third-order valence-electron chi connectivity index (χ3n) is 3.48. The molecule has 0 atom stereocenters. The molecule has 0 fully saturated rings. The van der Waals surface area contributed by atoms with Gasteiger partial charge >= 0.3 is 5.97 Å². The van der Waals surface area contributed by atoms with Gasteiger partial charge in [0, 0.05) is 17.7 Å². The van der Waals surface area contributed by atoms with E-state index >= 15 is 0 Å². The van der Waals surface area contributed by atoms with E-state index in [9.17, 15) is 14.9 Å². The molecule has 0 spiro atoms. The van der Waals surface area contributed by atoms with Crippen LogP contribution in [-0.2, 0) is 9.53 Å². The third-order valence-corrected chi connectivity index (χ3v) is 3.48. The lowest BCUT2D eigenvalue weighted by Gasteiger charge is -2.02. The molecule has 0 aliphatic carbocycles. The highest BCUT2D eigenvalue weighted by atomic mass is 16.6. The van der Waals surface area contributed by atoms with E-state index < -0.39 is 10.9 Å². The Balaban J connectivity index is 1.98. The second kappa shape index (κ2) is 5.84. The SMILES string of the molecule is C/C(=C1/N=C(c2ccccc2)OC1=O)c1ccc([N+](=O)[O-])cc1. The molecule has 1 aliphatic rings. The molecule has 0 bridgehead atoms. The maximum absolute atomic E-state index is 12.0. The number of nitro benzene ring substituents is 1. The van der Waals surface area contributed by atoms with Gasteiger partial charge in [0.25, 0.3) is 5.69 Å². The molecule has 0 aromatic heterocycles. The summed E-state index contributed by atoms with van der Waals surface area (Å²) in [5, 5.41) is 10.7. The van der Waals surface area contributed by atoms with Gasteiger partial charge in [-0.25, -0.2) is 9.79 Å². The van der Waals surface area contributed by atoms with E-state index in [-0.39, 0.29) is 17.3 Å². The number of nitrogens with zero attached hydrogens (tertiary/aromatic N) is 2. The summed E-state index contributed by atoms with van der Waals surface area (Å²) in [6.07, 6.45) is 0. The van der Waals surface area contributed by atoms with Crippen molar-refractivity contribution in [3.05, 3.63) is 81.5 Å². The van der Waals surface area contributed by atoms with Gasteiger partial charge in [-0.1, -0.05) is 18.2 Å². The van der Waals surface area contributed by atoms with Gasteiger partial charge in [-0.3, -0.25) is 10.1 Å². The Labute approximate surface area is 131 Å². The number of esters is 1. The van der Waals surface area contributed by atoms with E-state index in [1.54, 1.807) is 31.2 Å². The highest BCUT2D eigenvalue weighted by Crippen LogP contribution is 2.26. The zero-order chi connectivity index (χ0) is 16.4. The van der Waals surface area contributed by atoms with Gasteiger partial charge in [0.15, 0.2) is 5.70 Å². The summed E-state index contributed by atoms with van der Waals surface area (Å²) in [4.78, 5) is 26.5. The molecular formula is C17H12N2O4. The standard InChI is InChI=1S/C17H12N2O4/c1-11(12-7-9-14(10-8-12)19(21)22)15-17(20)23-16(18-15)13-5-3-2-4-6-13/h2-10H,1H3/b15-11-. The number of carbonyl (C=O) groups excluding carboxylic acids is 1. The normalized spacial score (nSPS) is 15.9. The van der Waals surface area contributed by atoms with Crippen LogP contribution in [0.15, 0.2) is 65.3 Å². The molecule has 0 amide bonds. The number of hydrogen-bond acceptors (Lipinski definition) is 5. The third kappa shape index (κ3) is 2.87. The predicted octanol–water partition coefficient (Wildman–Crippen LogP) is 3.33. The number of hydrogen-bond donors (Lipinski definition) is 0. The molecule has 0 saturated carbocycles. The van der Waals surface area contributed by atoms with Crippen LogP contribution in [0.4, 0.5) is 5.69 Å². The Morgan fingerprint density at radius 1 is 1.09 bits per heavy atom. The van der Waals surface area contributed by atoms with Crippen LogP contribution >= 0.6 is 0 Å². The molecule has 0 unspecified atom stereocenters. The van der Waals surface area contributed by atoms with Gasteiger partial charge in [-0.15, -0.1) is 0 Å². The number of benzene rings is 2. The van der Waals surface area contributed by atoms with Crippen molar-refractivity contribution in [2.45, 2.75) is 6.92 Å². The van der Waals surface area contributed by atoms with E-state index in [0.29, 0.717) is 16.7 Å². The van der Waals surface area contributed by atoms with Crippen molar-refractivity contribution in [1.29, 1.82) is 0 Å². The van der Waals surface area contributed by atoms with Gasteiger partial charge in [-0.2, -0.15) is 0 Å². The average molecular weight is 308 g/mol. The summed E-state index contributed by atoms with van der Waals surface area (Å²) >= 11 is 0. The number of ether oxygens (including phenoxy) is 1. The number of rotatable bonds is 3. The van der Waals surface area contributed by atoms with Crippen LogP contribution in [0.5, 0.6) is 0 Å². The van der Waals surface area contributed by atoms with E-state index in [2.05, 4.69) is 4.99 Å². The Morgan fingerprint density at radius 2 is 1.74 bits per heavy atom. The van der Waals surface area contributed by atoms with E-state index in [1.165, 1.54) is 12.1 Å². The van der Waals surface area contributed by atoms with E-state index in [4.69, 9.17) is 4.74 Å². The summed E-state index contributed by atoms with van der Waals surface area (Å²) < 4.78 is 5.21. The molecule has 0 radical (unpaired) electrons. The van der Waals surface area contributed by atoms with Gasteiger partial charge in [0.2, 0.25) is 5.90 Å². The molecule has 23 heavy (non-hydrogen) atoms. The van der Waals surface area contributed by atoms with Crippen LogP contribution < -0.4 is 0 Å². The first-order chi connectivity index (χ1) is 11.1. The fourth-order valence-corrected chi connectivity index (χ4v) is 2.22. The van der Waals surface area contributed by atoms with Crippen molar-refractivity contribution in [2.75, 3.05) is 0 Å². The zero-order valence-corrected chi connectivity index (χ0v) is 12.2. The topological polar surface area (TPSA) is 81.8 Å². The highest BCUT2D eigenvalue weighted by molar-refractivity contribution is 6.14.